The molecule has 3 atom stereocenters. The highest BCUT2D eigenvalue weighted by Gasteiger charge is 2.50. The third kappa shape index (κ3) is 7.19. The molecule has 2 aliphatic rings. The number of halogens is 3. The van der Waals surface area contributed by atoms with Gasteiger partial charge >= 0.3 is 12.1 Å². The first-order valence-corrected chi connectivity index (χ1v) is 12.1. The Hall–Kier alpha value is -2.14. The molecule has 2 aliphatic heterocycles. The Bertz CT molecular complexity index is 890. The molecular weight excluding hydrogens is 449 g/mol. The fourth-order valence-electron chi connectivity index (χ4n) is 4.01. The highest BCUT2D eigenvalue weighted by molar-refractivity contribution is 7.92. The largest absolute Gasteiger partial charge is 0.490 e. The number of anilines is 1. The highest BCUT2D eigenvalue weighted by Crippen LogP contribution is 2.37. The van der Waals surface area contributed by atoms with Gasteiger partial charge in [0.15, 0.2) is 9.84 Å². The normalized spacial score (nSPS) is 24.9. The summed E-state index contributed by atoms with van der Waals surface area (Å²) in [5.74, 6) is -2.39. The lowest BCUT2D eigenvalue weighted by atomic mass is 9.87. The van der Waals surface area contributed by atoms with Gasteiger partial charge in [0.25, 0.3) is 0 Å². The fourth-order valence-corrected chi connectivity index (χ4v) is 6.14. The number of carbonyl (C=O) groups excluding carboxylic acids is 1. The summed E-state index contributed by atoms with van der Waals surface area (Å²) in [6.07, 6.45) is -3.60. The van der Waals surface area contributed by atoms with E-state index in [9.17, 15) is 26.4 Å². The van der Waals surface area contributed by atoms with E-state index in [2.05, 4.69) is 24.1 Å². The van der Waals surface area contributed by atoms with Crippen molar-refractivity contribution in [2.75, 3.05) is 30.7 Å². The molecule has 2 heterocycles. The van der Waals surface area contributed by atoms with Crippen molar-refractivity contribution < 1.29 is 36.3 Å². The number of hydrogen-bond acceptors (Lipinski definition) is 5. The number of hydrogen-bond donors (Lipinski definition) is 2. The smallest absolute Gasteiger partial charge is 0.475 e. The van der Waals surface area contributed by atoms with E-state index < -0.39 is 22.0 Å². The summed E-state index contributed by atoms with van der Waals surface area (Å²) in [6.45, 7) is 6.55. The molecule has 3 rings (SSSR count). The predicted octanol–water partition coefficient (Wildman–Crippen LogP) is 3.04. The predicted molar refractivity (Wildman–Crippen MR) is 114 cm³/mol. The summed E-state index contributed by atoms with van der Waals surface area (Å²) in [4.78, 5) is 23.9. The van der Waals surface area contributed by atoms with Crippen LogP contribution in [0.4, 0.5) is 18.9 Å². The zero-order valence-electron chi connectivity index (χ0n) is 18.0. The van der Waals surface area contributed by atoms with Gasteiger partial charge in [-0.05, 0) is 37.4 Å². The Morgan fingerprint density at radius 2 is 1.78 bits per heavy atom. The molecule has 0 spiro atoms. The van der Waals surface area contributed by atoms with Crippen molar-refractivity contribution in [2.45, 2.75) is 38.1 Å². The molecule has 1 aromatic rings. The number of nitrogens with zero attached hydrogens (tertiary/aromatic N) is 1. The minimum atomic E-state index is -5.08. The number of carboxylic acids is 1. The van der Waals surface area contributed by atoms with Crippen LogP contribution in [0.3, 0.4) is 0 Å². The van der Waals surface area contributed by atoms with Gasteiger partial charge in [0.2, 0.25) is 5.91 Å². The second-order valence-electron chi connectivity index (χ2n) is 8.56. The molecule has 7 nitrogen and oxygen atoms in total. The lowest BCUT2D eigenvalue weighted by Gasteiger charge is -2.31. The van der Waals surface area contributed by atoms with Crippen molar-refractivity contribution >= 4 is 27.4 Å². The minimum absolute atomic E-state index is 0.0400. The SMILES string of the molecule is CC(C)CCN1C[C@H]2[C@@H](C1)S(=O)(=O)CC[C@H]2C(=O)Nc1ccccc1.O=C(O)C(F)(F)F. The van der Waals surface area contributed by atoms with Crippen LogP contribution in [0, 0.1) is 17.8 Å². The number of sulfone groups is 1. The standard InChI is InChI=1S/C19H28N2O3S.C2HF3O2/c1-14(2)8-10-21-12-17-16(9-11-25(23,24)18(17)13-21)19(22)20-15-6-4-3-5-7-15;3-2(4,5)1(6)7/h3-7,14,16-18H,8-13H2,1-2H3,(H,20,22);(H,6,7)/t16-,17-,18-;/m1./s1. The van der Waals surface area contributed by atoms with Gasteiger partial charge in [-0.25, -0.2) is 13.2 Å². The van der Waals surface area contributed by atoms with Crippen molar-refractivity contribution in [1.82, 2.24) is 4.90 Å². The molecule has 0 aromatic heterocycles. The molecule has 0 aliphatic carbocycles. The molecule has 0 saturated carbocycles. The number of carbonyl (C=O) groups is 2. The van der Waals surface area contributed by atoms with Crippen LogP contribution in [0.5, 0.6) is 0 Å². The molecule has 2 N–H and O–H groups in total. The quantitative estimate of drug-likeness (QED) is 0.674. The van der Waals surface area contributed by atoms with E-state index in [1.54, 1.807) is 0 Å². The van der Waals surface area contributed by atoms with Gasteiger partial charge in [-0.15, -0.1) is 0 Å². The van der Waals surface area contributed by atoms with E-state index in [0.29, 0.717) is 25.4 Å². The summed E-state index contributed by atoms with van der Waals surface area (Å²) >= 11 is 0. The molecule has 1 aromatic carbocycles. The Balaban J connectivity index is 0.000000451. The lowest BCUT2D eigenvalue weighted by Crippen LogP contribution is -2.45. The van der Waals surface area contributed by atoms with Crippen LogP contribution in [-0.2, 0) is 19.4 Å². The zero-order valence-corrected chi connectivity index (χ0v) is 18.8. The van der Waals surface area contributed by atoms with Crippen molar-refractivity contribution in [3.05, 3.63) is 30.3 Å². The summed E-state index contributed by atoms with van der Waals surface area (Å²) < 4.78 is 56.8. The summed E-state index contributed by atoms with van der Waals surface area (Å²) in [6, 6.07) is 9.39. The maximum absolute atomic E-state index is 12.8. The molecule has 0 unspecified atom stereocenters. The van der Waals surface area contributed by atoms with Gasteiger partial charge in [-0.3, -0.25) is 4.79 Å². The number of fused-ring (bicyclic) bond motifs is 1. The van der Waals surface area contributed by atoms with Gasteiger partial charge in [-0.2, -0.15) is 13.2 Å². The average Bonchev–Trinajstić information content (AvgIpc) is 3.12. The third-order valence-corrected chi connectivity index (χ3v) is 7.95. The Morgan fingerprint density at radius 3 is 2.31 bits per heavy atom. The molecular formula is C21H29F3N2O5S. The molecule has 2 fully saturated rings. The Labute approximate surface area is 185 Å². The second kappa shape index (κ2) is 10.7. The van der Waals surface area contributed by atoms with Crippen LogP contribution < -0.4 is 5.32 Å². The second-order valence-corrected chi connectivity index (χ2v) is 10.9. The van der Waals surface area contributed by atoms with Crippen LogP contribution in [0.15, 0.2) is 30.3 Å². The van der Waals surface area contributed by atoms with Gasteiger partial charge in [0.1, 0.15) is 0 Å². The summed E-state index contributed by atoms with van der Waals surface area (Å²) in [5.41, 5.74) is 0.771. The van der Waals surface area contributed by atoms with Crippen LogP contribution in [0.25, 0.3) is 0 Å². The fraction of sp³-hybridized carbons (Fsp3) is 0.619. The maximum atomic E-state index is 12.8. The maximum Gasteiger partial charge on any atom is 0.490 e. The van der Waals surface area contributed by atoms with Crippen LogP contribution in [0.1, 0.15) is 26.7 Å². The zero-order chi connectivity index (χ0) is 24.1. The average molecular weight is 479 g/mol. The summed E-state index contributed by atoms with van der Waals surface area (Å²) in [7, 11) is -3.09. The first kappa shape index (κ1) is 26.1. The number of rotatable bonds is 5. The van der Waals surface area contributed by atoms with Crippen LogP contribution in [-0.4, -0.2) is 67.1 Å². The Kier molecular flexibility index (Phi) is 8.69. The van der Waals surface area contributed by atoms with Gasteiger partial charge < -0.3 is 15.3 Å². The monoisotopic (exact) mass is 478 g/mol. The molecule has 180 valence electrons. The minimum Gasteiger partial charge on any atom is -0.475 e. The highest BCUT2D eigenvalue weighted by atomic mass is 32.2. The van der Waals surface area contributed by atoms with E-state index in [1.807, 2.05) is 30.3 Å². The van der Waals surface area contributed by atoms with Gasteiger partial charge in [-0.1, -0.05) is 32.0 Å². The molecule has 0 bridgehead atoms. The van der Waals surface area contributed by atoms with Crippen molar-refractivity contribution in [3.8, 4) is 0 Å². The number of alkyl halides is 3. The van der Waals surface area contributed by atoms with Gasteiger partial charge in [0, 0.05) is 30.6 Å². The van der Waals surface area contributed by atoms with Gasteiger partial charge in [0.05, 0.1) is 11.0 Å². The van der Waals surface area contributed by atoms with E-state index in [1.165, 1.54) is 0 Å². The van der Waals surface area contributed by atoms with E-state index in [-0.39, 0.29) is 28.7 Å². The number of nitrogens with one attached hydrogen (secondary N) is 1. The number of benzene rings is 1. The third-order valence-electron chi connectivity index (χ3n) is 5.72. The molecule has 0 radical (unpaired) electrons. The van der Waals surface area contributed by atoms with Crippen molar-refractivity contribution in [1.29, 1.82) is 0 Å². The first-order valence-electron chi connectivity index (χ1n) is 10.4. The van der Waals surface area contributed by atoms with E-state index in [0.717, 1.165) is 18.7 Å². The molecule has 11 heteroatoms. The molecule has 1 amide bonds. The van der Waals surface area contributed by atoms with E-state index >= 15 is 0 Å². The summed E-state index contributed by atoms with van der Waals surface area (Å²) in [5, 5.41) is 9.70. The van der Waals surface area contributed by atoms with Crippen LogP contribution in [0.2, 0.25) is 0 Å². The van der Waals surface area contributed by atoms with E-state index in [4.69, 9.17) is 9.90 Å². The number of amides is 1. The Morgan fingerprint density at radius 1 is 1.19 bits per heavy atom. The first-order chi connectivity index (χ1) is 14.8. The number of carboxylic acid groups (broad SMARTS) is 1. The van der Waals surface area contributed by atoms with Crippen molar-refractivity contribution in [2.24, 2.45) is 17.8 Å². The number of para-hydroxylation sites is 1. The lowest BCUT2D eigenvalue weighted by molar-refractivity contribution is -0.192. The van der Waals surface area contributed by atoms with Crippen molar-refractivity contribution in [3.63, 3.8) is 0 Å². The van der Waals surface area contributed by atoms with Crippen LogP contribution >= 0.6 is 0 Å². The number of likely N-dealkylation sites (tertiary alicyclic amines) is 1. The molecule has 2 saturated heterocycles. The number of aliphatic carboxylic acids is 1. The topological polar surface area (TPSA) is 104 Å². The molecule has 32 heavy (non-hydrogen) atoms.